The lowest BCUT2D eigenvalue weighted by molar-refractivity contribution is -0.385. The molecule has 0 aliphatic rings. The van der Waals surface area contributed by atoms with Crippen molar-refractivity contribution in [3.63, 3.8) is 0 Å². The number of para-hydroxylation sites is 1. The zero-order valence-corrected chi connectivity index (χ0v) is 14.2. The summed E-state index contributed by atoms with van der Waals surface area (Å²) in [6.07, 6.45) is 2.10. The van der Waals surface area contributed by atoms with Crippen molar-refractivity contribution < 1.29 is 19.2 Å². The largest absolute Gasteiger partial charge is 0.452 e. The number of nitrogens with zero attached hydrogens (tertiary/aromatic N) is 2. The summed E-state index contributed by atoms with van der Waals surface area (Å²) < 4.78 is 4.62. The van der Waals surface area contributed by atoms with Gasteiger partial charge in [-0.2, -0.15) is 0 Å². The molecule has 2 amide bonds. The number of hydrogen-bond acceptors (Lipinski definition) is 5. The number of nitrogens with one attached hydrogen (secondary N) is 1. The number of nitro groups is 1. The predicted molar refractivity (Wildman–Crippen MR) is 98.0 cm³/mol. The van der Waals surface area contributed by atoms with Crippen LogP contribution in [0.25, 0.3) is 6.08 Å². The van der Waals surface area contributed by atoms with Gasteiger partial charge in [0.25, 0.3) is 5.69 Å². The van der Waals surface area contributed by atoms with Gasteiger partial charge < -0.3 is 10.1 Å². The van der Waals surface area contributed by atoms with Gasteiger partial charge in [0.15, 0.2) is 0 Å². The van der Waals surface area contributed by atoms with Crippen LogP contribution >= 0.6 is 0 Å². The molecule has 0 spiro atoms. The molecule has 2 aromatic carbocycles. The molecule has 0 fully saturated rings. The lowest BCUT2D eigenvalue weighted by Gasteiger charge is -2.15. The summed E-state index contributed by atoms with van der Waals surface area (Å²) in [5.74, 6) is -0.433. The van der Waals surface area contributed by atoms with Gasteiger partial charge in [0.05, 0.1) is 17.6 Å². The Morgan fingerprint density at radius 3 is 2.42 bits per heavy atom. The van der Waals surface area contributed by atoms with Gasteiger partial charge in [0, 0.05) is 30.6 Å². The third-order valence-corrected chi connectivity index (χ3v) is 3.52. The number of benzene rings is 2. The molecule has 0 radical (unpaired) electrons. The van der Waals surface area contributed by atoms with E-state index in [0.29, 0.717) is 16.9 Å². The fourth-order valence-corrected chi connectivity index (χ4v) is 2.15. The van der Waals surface area contributed by atoms with Crippen molar-refractivity contribution in [3.05, 3.63) is 70.3 Å². The van der Waals surface area contributed by atoms with Gasteiger partial charge in [-0.3, -0.25) is 19.8 Å². The summed E-state index contributed by atoms with van der Waals surface area (Å²) in [6, 6.07) is 12.7. The molecule has 0 saturated carbocycles. The molecule has 0 heterocycles. The van der Waals surface area contributed by atoms with Crippen molar-refractivity contribution in [3.8, 4) is 0 Å². The van der Waals surface area contributed by atoms with Gasteiger partial charge in [-0.25, -0.2) is 4.79 Å². The van der Waals surface area contributed by atoms with Crippen LogP contribution in [0.15, 0.2) is 54.6 Å². The summed E-state index contributed by atoms with van der Waals surface area (Å²) in [4.78, 5) is 35.2. The van der Waals surface area contributed by atoms with Gasteiger partial charge >= 0.3 is 6.09 Å². The van der Waals surface area contributed by atoms with Crippen LogP contribution in [-0.2, 0) is 9.53 Å². The summed E-state index contributed by atoms with van der Waals surface area (Å²) in [5.41, 5.74) is 1.38. The molecule has 8 heteroatoms. The van der Waals surface area contributed by atoms with E-state index in [4.69, 9.17) is 0 Å². The van der Waals surface area contributed by atoms with E-state index < -0.39 is 16.9 Å². The van der Waals surface area contributed by atoms with E-state index in [1.807, 2.05) is 0 Å². The Morgan fingerprint density at radius 1 is 1.15 bits per heavy atom. The zero-order valence-electron chi connectivity index (χ0n) is 14.2. The van der Waals surface area contributed by atoms with Crippen LogP contribution in [0, 0.1) is 10.1 Å². The molecule has 2 rings (SSSR count). The molecule has 0 aliphatic carbocycles. The quantitative estimate of drug-likeness (QED) is 0.503. The Kier molecular flexibility index (Phi) is 6.05. The van der Waals surface area contributed by atoms with Crippen molar-refractivity contribution in [1.29, 1.82) is 0 Å². The van der Waals surface area contributed by atoms with Crippen molar-refractivity contribution in [2.24, 2.45) is 0 Å². The topological polar surface area (TPSA) is 102 Å². The minimum absolute atomic E-state index is 0.0771. The molecule has 2 aromatic rings. The second-order valence-electron chi connectivity index (χ2n) is 5.21. The second-order valence-corrected chi connectivity index (χ2v) is 5.21. The Balaban J connectivity index is 2.04. The molecule has 0 aliphatic heterocycles. The monoisotopic (exact) mass is 355 g/mol. The lowest BCUT2D eigenvalue weighted by atomic mass is 10.1. The number of amides is 2. The molecule has 0 aromatic heterocycles. The van der Waals surface area contributed by atoms with Gasteiger partial charge in [-0.1, -0.05) is 12.1 Å². The van der Waals surface area contributed by atoms with E-state index in [1.165, 1.54) is 30.2 Å². The van der Waals surface area contributed by atoms with Crippen molar-refractivity contribution in [2.75, 3.05) is 24.4 Å². The maximum absolute atomic E-state index is 12.0. The predicted octanol–water partition coefficient (Wildman–Crippen LogP) is 3.45. The van der Waals surface area contributed by atoms with Crippen LogP contribution in [0.5, 0.6) is 0 Å². The van der Waals surface area contributed by atoms with Crippen LogP contribution in [0.2, 0.25) is 0 Å². The molecule has 26 heavy (non-hydrogen) atoms. The first-order valence-electron chi connectivity index (χ1n) is 7.56. The highest BCUT2D eigenvalue weighted by molar-refractivity contribution is 6.02. The number of rotatable bonds is 5. The third kappa shape index (κ3) is 4.67. The first kappa shape index (κ1) is 18.7. The van der Waals surface area contributed by atoms with E-state index in [-0.39, 0.29) is 5.69 Å². The first-order chi connectivity index (χ1) is 12.4. The zero-order chi connectivity index (χ0) is 19.1. The Hall–Kier alpha value is -3.68. The normalized spacial score (nSPS) is 10.4. The van der Waals surface area contributed by atoms with Crippen molar-refractivity contribution in [2.45, 2.75) is 0 Å². The average molecular weight is 355 g/mol. The van der Waals surface area contributed by atoms with Crippen LogP contribution in [0.1, 0.15) is 5.56 Å². The highest BCUT2D eigenvalue weighted by Gasteiger charge is 2.11. The third-order valence-electron chi connectivity index (χ3n) is 3.52. The van der Waals surface area contributed by atoms with Gasteiger partial charge in [-0.15, -0.1) is 0 Å². The molecular weight excluding hydrogens is 338 g/mol. The minimum Gasteiger partial charge on any atom is -0.452 e. The van der Waals surface area contributed by atoms with Crippen LogP contribution in [0.4, 0.5) is 21.9 Å². The molecular formula is C18H17N3O5. The number of anilines is 2. The van der Waals surface area contributed by atoms with Gasteiger partial charge in [0.2, 0.25) is 5.91 Å². The minimum atomic E-state index is -0.506. The molecule has 0 bridgehead atoms. The van der Waals surface area contributed by atoms with E-state index in [1.54, 1.807) is 49.5 Å². The van der Waals surface area contributed by atoms with Crippen molar-refractivity contribution >= 4 is 35.1 Å². The van der Waals surface area contributed by atoms with Crippen molar-refractivity contribution in [1.82, 2.24) is 0 Å². The highest BCUT2D eigenvalue weighted by Crippen LogP contribution is 2.20. The van der Waals surface area contributed by atoms with Crippen LogP contribution in [0.3, 0.4) is 0 Å². The SMILES string of the molecule is COC(=O)N(C)c1ccc(NC(=O)/C=C/c2ccccc2[N+](=O)[O-])cc1. The molecule has 1 N–H and O–H groups in total. The maximum atomic E-state index is 12.0. The highest BCUT2D eigenvalue weighted by atomic mass is 16.6. The number of carbonyl (C=O) groups excluding carboxylic acids is 2. The maximum Gasteiger partial charge on any atom is 0.413 e. The average Bonchev–Trinajstić information content (AvgIpc) is 2.66. The Morgan fingerprint density at radius 2 is 1.81 bits per heavy atom. The summed E-state index contributed by atoms with van der Waals surface area (Å²) >= 11 is 0. The number of ether oxygens (including phenoxy) is 1. The smallest absolute Gasteiger partial charge is 0.413 e. The molecule has 8 nitrogen and oxygen atoms in total. The summed E-state index contributed by atoms with van der Waals surface area (Å²) in [5, 5.41) is 13.6. The number of nitro benzene ring substituents is 1. The van der Waals surface area contributed by atoms with Crippen LogP contribution in [-0.4, -0.2) is 31.1 Å². The molecule has 0 saturated heterocycles. The molecule has 0 atom stereocenters. The number of methoxy groups -OCH3 is 1. The lowest BCUT2D eigenvalue weighted by Crippen LogP contribution is -2.25. The summed E-state index contributed by atoms with van der Waals surface area (Å²) in [6.45, 7) is 0. The second kappa shape index (κ2) is 8.43. The molecule has 134 valence electrons. The van der Waals surface area contributed by atoms with E-state index in [9.17, 15) is 19.7 Å². The number of hydrogen-bond donors (Lipinski definition) is 1. The fraction of sp³-hybridized carbons (Fsp3) is 0.111. The van der Waals surface area contributed by atoms with E-state index in [0.717, 1.165) is 0 Å². The van der Waals surface area contributed by atoms with Gasteiger partial charge in [0.1, 0.15) is 0 Å². The standard InChI is InChI=1S/C18H17N3O5/c1-20(18(23)26-2)15-10-8-14(9-11-15)19-17(22)12-7-13-5-3-4-6-16(13)21(24)25/h3-12H,1-2H3,(H,19,22)/b12-7+. The Bertz CT molecular complexity index is 846. The first-order valence-corrected chi connectivity index (χ1v) is 7.56. The van der Waals surface area contributed by atoms with Crippen LogP contribution < -0.4 is 10.2 Å². The Labute approximate surface area is 149 Å². The molecule has 0 unspecified atom stereocenters. The van der Waals surface area contributed by atoms with E-state index in [2.05, 4.69) is 10.1 Å². The van der Waals surface area contributed by atoms with Gasteiger partial charge in [-0.05, 0) is 36.4 Å². The summed E-state index contributed by atoms with van der Waals surface area (Å²) in [7, 11) is 2.85. The number of carbonyl (C=O) groups is 2. The fourth-order valence-electron chi connectivity index (χ4n) is 2.15. The van der Waals surface area contributed by atoms with E-state index >= 15 is 0 Å².